The number of benzene rings is 2. The third-order valence-corrected chi connectivity index (χ3v) is 6.01. The zero-order chi connectivity index (χ0) is 21.7. The molecule has 0 unspecified atom stereocenters. The van der Waals surface area contributed by atoms with Crippen LogP contribution in [0.15, 0.2) is 47.0 Å². The van der Waals surface area contributed by atoms with E-state index in [9.17, 15) is 9.90 Å². The van der Waals surface area contributed by atoms with Crippen molar-refractivity contribution < 1.29 is 19.2 Å². The molecule has 31 heavy (non-hydrogen) atoms. The molecule has 7 nitrogen and oxygen atoms in total. The van der Waals surface area contributed by atoms with Crippen LogP contribution in [-0.4, -0.2) is 36.4 Å². The summed E-state index contributed by atoms with van der Waals surface area (Å²) in [4.78, 5) is 14.9. The Labute approximate surface area is 183 Å². The van der Waals surface area contributed by atoms with Crippen molar-refractivity contribution in [3.63, 3.8) is 0 Å². The first-order valence-electron chi connectivity index (χ1n) is 9.89. The highest BCUT2D eigenvalue weighted by molar-refractivity contribution is 6.38. The van der Waals surface area contributed by atoms with Crippen LogP contribution in [0.2, 0.25) is 5.02 Å². The predicted octanol–water partition coefficient (Wildman–Crippen LogP) is 4.98. The maximum Gasteiger partial charge on any atom is 0.260 e. The Morgan fingerprint density at radius 3 is 2.61 bits per heavy atom. The Bertz CT molecular complexity index is 1210. The lowest BCUT2D eigenvalue weighted by Crippen LogP contribution is -2.18. The van der Waals surface area contributed by atoms with Crippen molar-refractivity contribution in [2.24, 2.45) is 0 Å². The summed E-state index contributed by atoms with van der Waals surface area (Å²) in [5, 5.41) is 17.6. The molecule has 0 bridgehead atoms. The number of halogens is 1. The van der Waals surface area contributed by atoms with E-state index in [0.717, 1.165) is 16.8 Å². The number of anilines is 2. The van der Waals surface area contributed by atoms with Gasteiger partial charge in [-0.25, -0.2) is 0 Å². The van der Waals surface area contributed by atoms with Crippen LogP contribution in [0.25, 0.3) is 22.5 Å². The van der Waals surface area contributed by atoms with Crippen LogP contribution in [0, 0.1) is 0 Å². The molecule has 1 fully saturated rings. The highest BCUT2D eigenvalue weighted by Crippen LogP contribution is 2.42. The highest BCUT2D eigenvalue weighted by Gasteiger charge is 2.31. The monoisotopic (exact) mass is 437 g/mol. The summed E-state index contributed by atoms with van der Waals surface area (Å²) in [6.07, 6.45) is 2.46. The number of hydrogen-bond donors (Lipinski definition) is 2. The molecular formula is C23H20ClN3O4. The predicted molar refractivity (Wildman–Crippen MR) is 119 cm³/mol. The Morgan fingerprint density at radius 1 is 1.23 bits per heavy atom. The third kappa shape index (κ3) is 3.41. The van der Waals surface area contributed by atoms with Crippen LogP contribution in [0.3, 0.4) is 0 Å². The smallest absolute Gasteiger partial charge is 0.260 e. The van der Waals surface area contributed by atoms with Gasteiger partial charge in [0.25, 0.3) is 11.8 Å². The number of fused-ring (bicyclic) bond motifs is 1. The fourth-order valence-electron chi connectivity index (χ4n) is 3.79. The second-order valence-electron chi connectivity index (χ2n) is 7.68. The Balaban J connectivity index is 1.55. The summed E-state index contributed by atoms with van der Waals surface area (Å²) >= 11 is 6.53. The maximum absolute atomic E-state index is 12.6. The van der Waals surface area contributed by atoms with Crippen molar-refractivity contribution in [2.45, 2.75) is 18.9 Å². The molecule has 0 saturated heterocycles. The fraction of sp³-hybridized carbons (Fsp3) is 0.217. The van der Waals surface area contributed by atoms with E-state index in [1.54, 1.807) is 12.1 Å². The molecule has 0 atom stereocenters. The van der Waals surface area contributed by atoms with Crippen LogP contribution in [0.5, 0.6) is 5.88 Å². The van der Waals surface area contributed by atoms with Gasteiger partial charge in [-0.15, -0.1) is 0 Å². The Morgan fingerprint density at radius 2 is 1.97 bits per heavy atom. The maximum atomic E-state index is 12.6. The summed E-state index contributed by atoms with van der Waals surface area (Å²) in [5.74, 6) is -0.521. The number of aliphatic hydroxyl groups is 1. The van der Waals surface area contributed by atoms with Gasteiger partial charge >= 0.3 is 0 Å². The van der Waals surface area contributed by atoms with E-state index in [1.807, 2.05) is 12.1 Å². The molecule has 2 aromatic carbocycles. The number of aromatic nitrogens is 1. The summed E-state index contributed by atoms with van der Waals surface area (Å²) in [7, 11) is 3.54. The lowest BCUT2D eigenvalue weighted by atomic mass is 9.98. The molecule has 158 valence electrons. The zero-order valence-electron chi connectivity index (χ0n) is 17.0. The summed E-state index contributed by atoms with van der Waals surface area (Å²) in [6.45, 7) is 0. The number of amides is 1. The Kier molecular flexibility index (Phi) is 4.63. The number of carbonyl (C=O) groups is 1. The van der Waals surface area contributed by atoms with E-state index in [0.29, 0.717) is 22.3 Å². The summed E-state index contributed by atoms with van der Waals surface area (Å²) in [6, 6.07) is 13.7. The number of rotatable bonds is 5. The van der Waals surface area contributed by atoms with Crippen LogP contribution < -0.4 is 15.0 Å². The molecule has 1 saturated carbocycles. The molecule has 0 radical (unpaired) electrons. The van der Waals surface area contributed by atoms with Crippen molar-refractivity contribution >= 4 is 40.2 Å². The van der Waals surface area contributed by atoms with Crippen molar-refractivity contribution in [2.75, 3.05) is 24.4 Å². The minimum atomic E-state index is -0.447. The van der Waals surface area contributed by atoms with Gasteiger partial charge in [0.1, 0.15) is 0 Å². The molecule has 2 N–H and O–H groups in total. The van der Waals surface area contributed by atoms with Crippen molar-refractivity contribution in [3.05, 3.63) is 58.8 Å². The quantitative estimate of drug-likeness (QED) is 0.432. The molecule has 1 aliphatic carbocycles. The summed E-state index contributed by atoms with van der Waals surface area (Å²) in [5.41, 5.74) is 3.99. The third-order valence-electron chi connectivity index (χ3n) is 5.70. The van der Waals surface area contributed by atoms with E-state index in [-0.39, 0.29) is 23.0 Å². The van der Waals surface area contributed by atoms with Crippen LogP contribution >= 0.6 is 11.6 Å². The van der Waals surface area contributed by atoms with Gasteiger partial charge in [0.2, 0.25) is 5.76 Å². The Hall–Kier alpha value is -3.45. The van der Waals surface area contributed by atoms with Gasteiger partial charge in [-0.3, -0.25) is 4.79 Å². The number of nitrogens with zero attached hydrogens (tertiary/aromatic N) is 2. The van der Waals surface area contributed by atoms with Gasteiger partial charge in [0.05, 0.1) is 29.5 Å². The van der Waals surface area contributed by atoms with Gasteiger partial charge < -0.3 is 24.6 Å². The van der Waals surface area contributed by atoms with Crippen molar-refractivity contribution in [1.82, 2.24) is 5.16 Å². The molecule has 2 aliphatic rings. The molecule has 1 aromatic heterocycles. The highest BCUT2D eigenvalue weighted by atomic mass is 35.5. The molecule has 2 heterocycles. The minimum Gasteiger partial charge on any atom is -0.504 e. The van der Waals surface area contributed by atoms with E-state index in [4.69, 9.17) is 20.9 Å². The number of nitrogens with one attached hydrogen (secondary N) is 1. The molecule has 3 aromatic rings. The fourth-order valence-corrected chi connectivity index (χ4v) is 4.06. The number of methoxy groups -OCH3 is 1. The van der Waals surface area contributed by atoms with Gasteiger partial charge in [-0.05, 0) is 47.8 Å². The summed E-state index contributed by atoms with van der Waals surface area (Å²) < 4.78 is 10.1. The molecular weight excluding hydrogens is 418 g/mol. The normalized spacial score (nSPS) is 16.7. The largest absolute Gasteiger partial charge is 0.504 e. The van der Waals surface area contributed by atoms with Gasteiger partial charge in [0.15, 0.2) is 5.76 Å². The molecule has 0 spiro atoms. The second kappa shape index (κ2) is 7.35. The van der Waals surface area contributed by atoms with Gasteiger partial charge in [0, 0.05) is 29.9 Å². The molecule has 8 heteroatoms. The van der Waals surface area contributed by atoms with Crippen LogP contribution in [-0.2, 0) is 4.79 Å². The topological polar surface area (TPSA) is 87.8 Å². The molecule has 1 amide bonds. The second-order valence-corrected chi connectivity index (χ2v) is 8.09. The number of ether oxygens (including phenoxy) is 1. The number of aliphatic hydroxyl groups excluding tert-OH is 1. The van der Waals surface area contributed by atoms with E-state index < -0.39 is 5.91 Å². The van der Waals surface area contributed by atoms with Crippen LogP contribution in [0.1, 0.15) is 24.2 Å². The number of hydrogen-bond acceptors (Lipinski definition) is 6. The van der Waals surface area contributed by atoms with E-state index >= 15 is 0 Å². The lowest BCUT2D eigenvalue weighted by molar-refractivity contribution is -0.110. The number of carbonyl (C=O) groups excluding carboxylic acids is 1. The lowest BCUT2D eigenvalue weighted by Gasteiger charge is -2.19. The molecule has 1 aliphatic heterocycles. The SMILES string of the molecule is COc1cc(/C(O)=C2\C(=O)Nc3cc(Cl)c(-c4ccc(N(C)C5CC5)cc4)cc32)on1. The average molecular weight is 438 g/mol. The van der Waals surface area contributed by atoms with E-state index in [2.05, 4.69) is 34.6 Å². The van der Waals surface area contributed by atoms with Crippen LogP contribution in [0.4, 0.5) is 11.4 Å². The van der Waals surface area contributed by atoms with Crippen molar-refractivity contribution in [3.8, 4) is 17.0 Å². The average Bonchev–Trinajstić information content (AvgIpc) is 3.42. The molecule has 5 rings (SSSR count). The van der Waals surface area contributed by atoms with Gasteiger partial charge in [-0.1, -0.05) is 23.7 Å². The standard InChI is InChI=1S/C23H20ClN3O4/c1-27(14-7-8-14)13-5-3-12(4-6-13)15-9-16-18(10-17(15)24)25-23(29)21(16)22(28)19-11-20(30-2)26-31-19/h3-6,9-11,14,28H,7-8H2,1-2H3,(H,25,29)/b22-21+. The zero-order valence-corrected chi connectivity index (χ0v) is 17.7. The van der Waals surface area contributed by atoms with E-state index in [1.165, 1.54) is 26.0 Å². The first-order chi connectivity index (χ1) is 15.0. The first-order valence-corrected chi connectivity index (χ1v) is 10.3. The van der Waals surface area contributed by atoms with Crippen molar-refractivity contribution in [1.29, 1.82) is 0 Å². The van der Waals surface area contributed by atoms with Gasteiger partial charge in [-0.2, -0.15) is 0 Å². The minimum absolute atomic E-state index is 0.0406. The first kappa shape index (κ1) is 19.5.